The first-order valence-electron chi connectivity index (χ1n) is 11.1. The van der Waals surface area contributed by atoms with Crippen molar-refractivity contribution in [2.45, 2.75) is 25.4 Å². The van der Waals surface area contributed by atoms with Crippen molar-refractivity contribution < 1.29 is 26.7 Å². The molecule has 0 saturated carbocycles. The Hall–Kier alpha value is -3.47. The minimum Gasteiger partial charge on any atom is -0.401 e. The molecule has 3 aromatic rings. The van der Waals surface area contributed by atoms with Gasteiger partial charge < -0.3 is 10.7 Å². The second kappa shape index (κ2) is 10.0. The van der Waals surface area contributed by atoms with Gasteiger partial charge in [-0.3, -0.25) is 15.0 Å². The molecule has 0 spiro atoms. The Balaban J connectivity index is 1.58. The van der Waals surface area contributed by atoms with E-state index < -0.39 is 30.3 Å². The van der Waals surface area contributed by atoms with Crippen LogP contribution in [0.4, 0.5) is 27.9 Å². The van der Waals surface area contributed by atoms with Crippen LogP contribution in [0.5, 0.6) is 0 Å². The van der Waals surface area contributed by atoms with E-state index in [0.29, 0.717) is 29.4 Å². The molecular formula is C24H24F5N5O. The van der Waals surface area contributed by atoms with E-state index in [1.165, 1.54) is 11.0 Å². The summed E-state index contributed by atoms with van der Waals surface area (Å²) in [4.78, 5) is 21.8. The summed E-state index contributed by atoms with van der Waals surface area (Å²) < 4.78 is 65.4. The summed E-state index contributed by atoms with van der Waals surface area (Å²) in [5.41, 5.74) is 8.41. The fraction of sp³-hybridized carbons (Fsp3) is 0.333. The third-order valence-corrected chi connectivity index (χ3v) is 6.04. The molecule has 186 valence electrons. The number of hydrogen-bond donors (Lipinski definition) is 3. The number of piperidine rings is 1. The molecule has 0 bridgehead atoms. The number of nitrogens with two attached hydrogens (primary N) is 1. The highest BCUT2D eigenvalue weighted by atomic mass is 19.4. The average Bonchev–Trinajstić information content (AvgIpc) is 3.21. The summed E-state index contributed by atoms with van der Waals surface area (Å²) in [6.45, 7) is -0.652. The van der Waals surface area contributed by atoms with Gasteiger partial charge in [-0.2, -0.15) is 13.2 Å². The molecule has 1 aromatic heterocycles. The van der Waals surface area contributed by atoms with E-state index in [2.05, 4.69) is 15.3 Å². The fourth-order valence-electron chi connectivity index (χ4n) is 4.26. The monoisotopic (exact) mass is 493 g/mol. The zero-order valence-electron chi connectivity index (χ0n) is 18.6. The van der Waals surface area contributed by atoms with E-state index in [0.717, 1.165) is 12.1 Å². The number of likely N-dealkylation sites (tertiary alicyclic amines) is 1. The lowest BCUT2D eigenvalue weighted by atomic mass is 9.88. The number of anilines is 1. The molecule has 0 atom stereocenters. The number of hydrogen-bond acceptors (Lipinski definition) is 4. The van der Waals surface area contributed by atoms with Crippen molar-refractivity contribution in [1.82, 2.24) is 14.9 Å². The Kier molecular flexibility index (Phi) is 7.06. The van der Waals surface area contributed by atoms with Crippen molar-refractivity contribution in [1.29, 1.82) is 0 Å². The van der Waals surface area contributed by atoms with Crippen LogP contribution in [0.1, 0.15) is 18.4 Å². The lowest BCUT2D eigenvalue weighted by Gasteiger charge is -2.33. The molecule has 35 heavy (non-hydrogen) atoms. The van der Waals surface area contributed by atoms with Crippen LogP contribution in [-0.4, -0.2) is 46.6 Å². The summed E-state index contributed by atoms with van der Waals surface area (Å²) in [6, 6.07) is 10.5. The number of allylic oxidation sites excluding steroid dienone is 1. The van der Waals surface area contributed by atoms with E-state index in [4.69, 9.17) is 5.73 Å². The number of aromatic nitrogens is 2. The van der Waals surface area contributed by atoms with Crippen LogP contribution in [0, 0.1) is 17.6 Å². The van der Waals surface area contributed by atoms with E-state index in [1.807, 2.05) is 6.07 Å². The van der Waals surface area contributed by atoms with Gasteiger partial charge in [0.15, 0.2) is 11.6 Å². The number of nitrogens with one attached hydrogen (secondary N) is 2. The highest BCUT2D eigenvalue weighted by Gasteiger charge is 2.33. The van der Waals surface area contributed by atoms with Gasteiger partial charge in [0, 0.05) is 23.6 Å². The Labute approximate surface area is 198 Å². The van der Waals surface area contributed by atoms with Gasteiger partial charge in [-0.1, -0.05) is 18.2 Å². The topological polar surface area (TPSA) is 87.0 Å². The molecular weight excluding hydrogens is 469 g/mol. The predicted octanol–water partition coefficient (Wildman–Crippen LogP) is 4.51. The number of nitrogens with zero attached hydrogens (tertiary/aromatic N) is 2. The summed E-state index contributed by atoms with van der Waals surface area (Å²) >= 11 is 0. The minimum absolute atomic E-state index is 0.0855. The normalized spacial score (nSPS) is 16.4. The number of rotatable bonds is 6. The fourth-order valence-corrected chi connectivity index (χ4v) is 4.26. The lowest BCUT2D eigenvalue weighted by molar-refractivity contribution is -0.148. The van der Waals surface area contributed by atoms with Gasteiger partial charge in [0.25, 0.3) is 5.91 Å². The van der Waals surface area contributed by atoms with Crippen molar-refractivity contribution in [3.8, 4) is 0 Å². The predicted molar refractivity (Wildman–Crippen MR) is 121 cm³/mol. The smallest absolute Gasteiger partial charge is 0.401 e. The van der Waals surface area contributed by atoms with E-state index in [-0.39, 0.29) is 42.6 Å². The van der Waals surface area contributed by atoms with Crippen LogP contribution in [0.2, 0.25) is 0 Å². The minimum atomic E-state index is -4.29. The third kappa shape index (κ3) is 6.16. The van der Waals surface area contributed by atoms with Crippen LogP contribution >= 0.6 is 0 Å². The van der Waals surface area contributed by atoms with Gasteiger partial charge in [-0.25, -0.2) is 13.8 Å². The van der Waals surface area contributed by atoms with Gasteiger partial charge >= 0.3 is 6.18 Å². The quantitative estimate of drug-likeness (QED) is 0.348. The molecule has 4 rings (SSSR count). The summed E-state index contributed by atoms with van der Waals surface area (Å²) in [5, 5.41) is 2.67. The first-order valence-corrected chi connectivity index (χ1v) is 11.1. The van der Waals surface area contributed by atoms with Gasteiger partial charge in [0.2, 0.25) is 5.95 Å². The molecule has 0 aliphatic carbocycles. The molecule has 1 aliphatic rings. The molecule has 2 aromatic carbocycles. The van der Waals surface area contributed by atoms with Gasteiger partial charge in [-0.15, -0.1) is 0 Å². The number of carbonyl (C=O) groups is 1. The molecule has 0 unspecified atom stereocenters. The molecule has 1 amide bonds. The molecule has 1 saturated heterocycles. The maximum Gasteiger partial charge on any atom is 0.401 e. The van der Waals surface area contributed by atoms with Gasteiger partial charge in [0.1, 0.15) is 0 Å². The second-order valence-electron chi connectivity index (χ2n) is 8.58. The molecule has 1 fully saturated rings. The number of halogens is 5. The highest BCUT2D eigenvalue weighted by molar-refractivity contribution is 6.04. The average molecular weight is 493 g/mol. The first kappa shape index (κ1) is 24.6. The van der Waals surface area contributed by atoms with Crippen LogP contribution in [-0.2, 0) is 11.2 Å². The number of alkyl halides is 3. The van der Waals surface area contributed by atoms with Crippen molar-refractivity contribution in [2.24, 2.45) is 11.7 Å². The van der Waals surface area contributed by atoms with Crippen molar-refractivity contribution in [2.75, 3.05) is 25.0 Å². The Morgan fingerprint density at radius 3 is 2.49 bits per heavy atom. The molecule has 2 heterocycles. The number of imidazole rings is 1. The largest absolute Gasteiger partial charge is 0.401 e. The number of H-pyrrole nitrogens is 1. The Morgan fingerprint density at radius 2 is 1.83 bits per heavy atom. The zero-order valence-corrected chi connectivity index (χ0v) is 18.6. The summed E-state index contributed by atoms with van der Waals surface area (Å²) in [6.07, 6.45) is -3.71. The first-order chi connectivity index (χ1) is 16.6. The molecule has 0 radical (unpaired) electrons. The second-order valence-corrected chi connectivity index (χ2v) is 8.58. The van der Waals surface area contributed by atoms with Gasteiger partial charge in [-0.05, 0) is 55.8 Å². The molecule has 4 N–H and O–H groups in total. The molecule has 1 aliphatic heterocycles. The van der Waals surface area contributed by atoms with Crippen LogP contribution in [0.15, 0.2) is 53.7 Å². The number of amides is 1. The number of aromatic amines is 1. The number of fused-ring (bicyclic) bond motifs is 1. The maximum absolute atomic E-state index is 13.8. The number of carbonyl (C=O) groups excluding carboxylic acids is 1. The van der Waals surface area contributed by atoms with Crippen molar-refractivity contribution in [3.63, 3.8) is 0 Å². The van der Waals surface area contributed by atoms with E-state index in [1.54, 1.807) is 18.2 Å². The van der Waals surface area contributed by atoms with Crippen molar-refractivity contribution >= 4 is 22.9 Å². The number of benzene rings is 2. The molecule has 11 heteroatoms. The highest BCUT2D eigenvalue weighted by Crippen LogP contribution is 2.28. The SMILES string of the molecule is NC(=C(Cc1ccc(F)c(F)c1)C(=O)Nc1nc2ccccc2[nH]1)C1CCN(CC(F)(F)F)CC1. The van der Waals surface area contributed by atoms with E-state index in [9.17, 15) is 26.7 Å². The van der Waals surface area contributed by atoms with Crippen LogP contribution in [0.3, 0.4) is 0 Å². The third-order valence-electron chi connectivity index (χ3n) is 6.04. The Morgan fingerprint density at radius 1 is 1.11 bits per heavy atom. The standard InChI is InChI=1S/C24H24F5N5O/c25-17-6-5-14(12-18(17)26)11-16(21(30)15-7-9-34(10-8-15)13-24(27,28)29)22(35)33-23-31-19-3-1-2-4-20(19)32-23/h1-6,12,15H,7-11,13,30H2,(H2,31,32,33,35). The van der Waals surface area contributed by atoms with Crippen LogP contribution in [0.25, 0.3) is 11.0 Å². The van der Waals surface area contributed by atoms with Crippen molar-refractivity contribution in [3.05, 3.63) is 70.9 Å². The molecule has 6 nitrogen and oxygen atoms in total. The van der Waals surface area contributed by atoms with Crippen LogP contribution < -0.4 is 11.1 Å². The van der Waals surface area contributed by atoms with Gasteiger partial charge in [0.05, 0.1) is 17.6 Å². The summed E-state index contributed by atoms with van der Waals surface area (Å²) in [7, 11) is 0. The zero-order chi connectivity index (χ0) is 25.2. The number of para-hydroxylation sites is 2. The lowest BCUT2D eigenvalue weighted by Crippen LogP contribution is -2.41. The Bertz CT molecular complexity index is 1210. The summed E-state index contributed by atoms with van der Waals surface area (Å²) in [5.74, 6) is -2.80. The maximum atomic E-state index is 13.8. The van der Waals surface area contributed by atoms with E-state index >= 15 is 0 Å².